The van der Waals surface area contributed by atoms with Crippen molar-refractivity contribution < 1.29 is 23.0 Å². The third-order valence-electron chi connectivity index (χ3n) is 5.57. The van der Waals surface area contributed by atoms with Crippen LogP contribution < -0.4 is 15.4 Å². The van der Waals surface area contributed by atoms with Crippen LogP contribution in [0.3, 0.4) is 0 Å². The molecule has 36 heavy (non-hydrogen) atoms. The van der Waals surface area contributed by atoms with Crippen molar-refractivity contribution >= 4 is 28.4 Å². The van der Waals surface area contributed by atoms with Crippen LogP contribution >= 0.6 is 0 Å². The Hall–Kier alpha value is -4.15. The Kier molecular flexibility index (Phi) is 6.96. The van der Waals surface area contributed by atoms with Crippen LogP contribution in [0.15, 0.2) is 66.9 Å². The summed E-state index contributed by atoms with van der Waals surface area (Å²) in [5, 5.41) is 5.19. The first kappa shape index (κ1) is 23.6. The number of morpholine rings is 1. The van der Waals surface area contributed by atoms with Gasteiger partial charge in [0.2, 0.25) is 0 Å². The van der Waals surface area contributed by atoms with Gasteiger partial charge in [-0.25, -0.2) is 18.6 Å². The van der Waals surface area contributed by atoms with Gasteiger partial charge in [-0.3, -0.25) is 9.88 Å². The molecular formula is C26H23F2N5O3. The van der Waals surface area contributed by atoms with Gasteiger partial charge < -0.3 is 20.1 Å². The first-order chi connectivity index (χ1) is 17.5. The van der Waals surface area contributed by atoms with Crippen LogP contribution in [-0.4, -0.2) is 47.2 Å². The Labute approximate surface area is 205 Å². The summed E-state index contributed by atoms with van der Waals surface area (Å²) in [4.78, 5) is 23.7. The molecule has 0 aliphatic carbocycles. The molecule has 0 spiro atoms. The highest BCUT2D eigenvalue weighted by Crippen LogP contribution is 2.29. The first-order valence-corrected chi connectivity index (χ1v) is 11.4. The molecule has 0 saturated carbocycles. The Morgan fingerprint density at radius 2 is 1.69 bits per heavy atom. The zero-order valence-electron chi connectivity index (χ0n) is 19.2. The molecule has 2 heterocycles. The molecule has 1 aliphatic heterocycles. The molecule has 4 aromatic rings. The Morgan fingerprint density at radius 1 is 0.944 bits per heavy atom. The molecule has 184 valence electrons. The predicted molar refractivity (Wildman–Crippen MR) is 131 cm³/mol. The molecule has 8 nitrogen and oxygen atoms in total. The van der Waals surface area contributed by atoms with Crippen molar-refractivity contribution in [3.05, 3.63) is 84.2 Å². The third-order valence-corrected chi connectivity index (χ3v) is 5.57. The number of hydrogen-bond donors (Lipinski definition) is 2. The van der Waals surface area contributed by atoms with Crippen LogP contribution in [0.1, 0.15) is 5.69 Å². The monoisotopic (exact) mass is 491 g/mol. The molecule has 1 aromatic heterocycles. The maximum absolute atomic E-state index is 14.5. The SMILES string of the molecule is O=C(Nc1ccc(F)cc1)Nc1ccc(F)c(Oc2ccc3ncc(CN4CCOCC4)nc3c2)c1. The van der Waals surface area contributed by atoms with Crippen molar-refractivity contribution in [2.45, 2.75) is 6.54 Å². The van der Waals surface area contributed by atoms with Gasteiger partial charge in [-0.1, -0.05) is 0 Å². The molecule has 1 saturated heterocycles. The van der Waals surface area contributed by atoms with Crippen LogP contribution in [0.2, 0.25) is 0 Å². The lowest BCUT2D eigenvalue weighted by Gasteiger charge is -2.26. The first-order valence-electron chi connectivity index (χ1n) is 11.4. The smallest absolute Gasteiger partial charge is 0.323 e. The number of rotatable bonds is 6. The van der Waals surface area contributed by atoms with Crippen LogP contribution in [0, 0.1) is 11.6 Å². The van der Waals surface area contributed by atoms with Crippen molar-refractivity contribution in [2.75, 3.05) is 36.9 Å². The van der Waals surface area contributed by atoms with Crippen LogP contribution in [0.5, 0.6) is 11.5 Å². The molecule has 1 fully saturated rings. The van der Waals surface area contributed by atoms with Crippen molar-refractivity contribution in [1.29, 1.82) is 0 Å². The van der Waals surface area contributed by atoms with E-state index in [0.717, 1.165) is 18.8 Å². The van der Waals surface area contributed by atoms with Crippen LogP contribution in [0.25, 0.3) is 11.0 Å². The van der Waals surface area contributed by atoms with E-state index in [4.69, 9.17) is 9.47 Å². The summed E-state index contributed by atoms with van der Waals surface area (Å²) in [5.41, 5.74) is 2.89. The molecule has 0 bridgehead atoms. The number of hydrogen-bond acceptors (Lipinski definition) is 6. The minimum Gasteiger partial charge on any atom is -0.454 e. The fourth-order valence-electron chi connectivity index (χ4n) is 3.77. The van der Waals surface area contributed by atoms with Gasteiger partial charge in [-0.2, -0.15) is 0 Å². The van der Waals surface area contributed by atoms with Gasteiger partial charge in [-0.15, -0.1) is 0 Å². The van der Waals surface area contributed by atoms with E-state index in [2.05, 4.69) is 25.5 Å². The molecule has 2 N–H and O–H groups in total. The molecule has 10 heteroatoms. The molecule has 0 unspecified atom stereocenters. The zero-order valence-corrected chi connectivity index (χ0v) is 19.2. The van der Waals surface area contributed by atoms with E-state index in [9.17, 15) is 13.6 Å². The number of anilines is 2. The molecule has 0 atom stereocenters. The van der Waals surface area contributed by atoms with Crippen molar-refractivity contribution in [1.82, 2.24) is 14.9 Å². The highest BCUT2D eigenvalue weighted by molar-refractivity contribution is 5.99. The lowest BCUT2D eigenvalue weighted by molar-refractivity contribution is 0.0336. The predicted octanol–water partition coefficient (Wildman–Crippen LogP) is 5.18. The number of benzene rings is 3. The Morgan fingerprint density at radius 3 is 2.50 bits per heavy atom. The van der Waals surface area contributed by atoms with Gasteiger partial charge in [0.15, 0.2) is 11.6 Å². The van der Waals surface area contributed by atoms with Gasteiger partial charge in [0.05, 0.1) is 36.1 Å². The second kappa shape index (κ2) is 10.6. The highest BCUT2D eigenvalue weighted by atomic mass is 19.1. The Bertz CT molecular complexity index is 1380. The topological polar surface area (TPSA) is 88.6 Å². The van der Waals surface area contributed by atoms with E-state index in [1.54, 1.807) is 24.4 Å². The molecule has 5 rings (SSSR count). The number of carbonyl (C=O) groups is 1. The maximum Gasteiger partial charge on any atom is 0.323 e. The number of aromatic nitrogens is 2. The zero-order chi connectivity index (χ0) is 24.9. The lowest BCUT2D eigenvalue weighted by Crippen LogP contribution is -2.35. The largest absolute Gasteiger partial charge is 0.454 e. The summed E-state index contributed by atoms with van der Waals surface area (Å²) in [5.74, 6) is -0.681. The summed E-state index contributed by atoms with van der Waals surface area (Å²) in [7, 11) is 0. The van der Waals surface area contributed by atoms with E-state index < -0.39 is 17.7 Å². The van der Waals surface area contributed by atoms with Crippen LogP contribution in [0.4, 0.5) is 25.0 Å². The summed E-state index contributed by atoms with van der Waals surface area (Å²) >= 11 is 0. The quantitative estimate of drug-likeness (QED) is 0.387. The summed E-state index contributed by atoms with van der Waals surface area (Å²) in [6.07, 6.45) is 1.75. The summed E-state index contributed by atoms with van der Waals surface area (Å²) < 4.78 is 38.7. The molecule has 1 aliphatic rings. The number of nitrogens with one attached hydrogen (secondary N) is 2. The van der Waals surface area contributed by atoms with E-state index in [1.165, 1.54) is 42.5 Å². The lowest BCUT2D eigenvalue weighted by atomic mass is 10.2. The molecule has 2 amide bonds. The van der Waals surface area contributed by atoms with Gasteiger partial charge in [0.25, 0.3) is 0 Å². The molecule has 0 radical (unpaired) electrons. The highest BCUT2D eigenvalue weighted by Gasteiger charge is 2.13. The normalized spacial score (nSPS) is 13.9. The number of nitrogens with zero attached hydrogens (tertiary/aromatic N) is 3. The van der Waals surface area contributed by atoms with Gasteiger partial charge in [0, 0.05) is 43.1 Å². The Balaban J connectivity index is 1.28. The van der Waals surface area contributed by atoms with Gasteiger partial charge in [-0.05, 0) is 48.5 Å². The number of halogens is 2. The molecule has 3 aromatic carbocycles. The molecular weight excluding hydrogens is 468 g/mol. The second-order valence-corrected chi connectivity index (χ2v) is 8.23. The summed E-state index contributed by atoms with van der Waals surface area (Å²) in [6.45, 7) is 3.75. The van der Waals surface area contributed by atoms with E-state index in [1.807, 2.05) is 0 Å². The van der Waals surface area contributed by atoms with Crippen molar-refractivity contribution in [3.63, 3.8) is 0 Å². The van der Waals surface area contributed by atoms with Gasteiger partial charge in [0.1, 0.15) is 11.6 Å². The fourth-order valence-corrected chi connectivity index (χ4v) is 3.77. The van der Waals surface area contributed by atoms with E-state index >= 15 is 0 Å². The average Bonchev–Trinajstić information content (AvgIpc) is 2.88. The number of carbonyl (C=O) groups excluding carboxylic acids is 1. The average molecular weight is 491 g/mol. The van der Waals surface area contributed by atoms with E-state index in [0.29, 0.717) is 47.9 Å². The van der Waals surface area contributed by atoms with Crippen molar-refractivity contribution in [3.8, 4) is 11.5 Å². The fraction of sp³-hybridized carbons (Fsp3) is 0.192. The van der Waals surface area contributed by atoms with Crippen molar-refractivity contribution in [2.24, 2.45) is 0 Å². The number of ether oxygens (including phenoxy) is 2. The minimum absolute atomic E-state index is 0.0636. The maximum atomic E-state index is 14.5. The second-order valence-electron chi connectivity index (χ2n) is 8.23. The summed E-state index contributed by atoms with van der Waals surface area (Å²) in [6, 6.07) is 13.9. The van der Waals surface area contributed by atoms with Crippen LogP contribution in [-0.2, 0) is 11.3 Å². The van der Waals surface area contributed by atoms with E-state index in [-0.39, 0.29) is 5.75 Å². The number of urea groups is 1. The minimum atomic E-state index is -0.591. The van der Waals surface area contributed by atoms with Gasteiger partial charge >= 0.3 is 6.03 Å². The third kappa shape index (κ3) is 5.91. The standard InChI is InChI=1S/C26H23F2N5O3/c27-17-1-3-18(4-2-17)31-26(34)32-19-5-7-22(28)25(13-19)36-21-6-8-23-24(14-21)30-20(15-29-23)16-33-9-11-35-12-10-33/h1-8,13-15H,9-12,16H2,(H2,31,32,34). The number of fused-ring (bicyclic) bond motifs is 1. The number of amides is 2.